The van der Waals surface area contributed by atoms with Crippen LogP contribution in [0.1, 0.15) is 93.9 Å². The van der Waals surface area contributed by atoms with Crippen LogP contribution < -0.4 is 27.0 Å². The molecular formula is C43H69N5O14. The fourth-order valence-corrected chi connectivity index (χ4v) is 9.82. The Morgan fingerprint density at radius 1 is 0.629 bits per heavy atom. The van der Waals surface area contributed by atoms with E-state index in [-0.39, 0.29) is 98.8 Å². The maximum Gasteiger partial charge on any atom is 0.407 e. The molecule has 0 aromatic heterocycles. The van der Waals surface area contributed by atoms with E-state index >= 15 is 0 Å². The number of alkyl carbamates (subject to hydrolysis) is 4. The average Bonchev–Trinajstić information content (AvgIpc) is 3.64. The summed E-state index contributed by atoms with van der Waals surface area (Å²) in [5.41, 5.74) is 4.74. The molecule has 19 nitrogen and oxygen atoms in total. The van der Waals surface area contributed by atoms with Crippen molar-refractivity contribution in [1.29, 1.82) is 0 Å². The summed E-state index contributed by atoms with van der Waals surface area (Å²) in [6.45, 7) is 22.8. The quantitative estimate of drug-likeness (QED) is 0.0589. The molecule has 0 aromatic carbocycles. The van der Waals surface area contributed by atoms with Crippen molar-refractivity contribution in [1.82, 2.24) is 21.3 Å². The third-order valence-electron chi connectivity index (χ3n) is 11.7. The summed E-state index contributed by atoms with van der Waals surface area (Å²) < 4.78 is 43.6. The van der Waals surface area contributed by atoms with E-state index in [0.717, 1.165) is 12.8 Å². The van der Waals surface area contributed by atoms with Gasteiger partial charge in [0.25, 0.3) is 0 Å². The number of hydrogen-bond donors (Lipinski definition) is 5. The van der Waals surface area contributed by atoms with E-state index in [0.29, 0.717) is 25.7 Å². The van der Waals surface area contributed by atoms with Gasteiger partial charge in [-0.25, -0.2) is 28.8 Å². The molecule has 4 fully saturated rings. The predicted molar refractivity (Wildman–Crippen MR) is 223 cm³/mol. The van der Waals surface area contributed by atoms with Gasteiger partial charge in [-0.1, -0.05) is 54.7 Å². The molecule has 0 bridgehead atoms. The second-order valence-electron chi connectivity index (χ2n) is 19.8. The van der Waals surface area contributed by atoms with Gasteiger partial charge < -0.3 is 64.9 Å². The van der Waals surface area contributed by atoms with Crippen LogP contribution in [0.15, 0.2) is 24.3 Å². The number of nitrogens with one attached hydrogen (secondary N) is 4. The Kier molecular flexibility index (Phi) is 16.7. The molecule has 4 aliphatic rings. The fraction of sp³-hybridized carbons (Fsp3) is 0.767. The third-order valence-corrected chi connectivity index (χ3v) is 11.7. The normalized spacial score (nSPS) is 30.6. The summed E-state index contributed by atoms with van der Waals surface area (Å²) in [5, 5.41) is 11.6. The predicted octanol–water partition coefficient (Wildman–Crippen LogP) is 4.37. The highest BCUT2D eigenvalue weighted by Gasteiger charge is 2.59. The monoisotopic (exact) mass is 879 g/mol. The number of hydrogen-bond acceptors (Lipinski definition) is 15. The molecule has 2 saturated carbocycles. The minimum absolute atomic E-state index is 0.0125. The van der Waals surface area contributed by atoms with Crippen LogP contribution in [0.3, 0.4) is 0 Å². The Balaban J connectivity index is 1.18. The molecule has 0 radical (unpaired) electrons. The zero-order valence-corrected chi connectivity index (χ0v) is 37.7. The maximum atomic E-state index is 13.1. The number of carbonyl (C=O) groups excluding carboxylic acids is 6. The van der Waals surface area contributed by atoms with Gasteiger partial charge in [0, 0.05) is 36.3 Å². The van der Waals surface area contributed by atoms with Gasteiger partial charge in [-0.05, 0) is 74.0 Å². The first-order valence-electron chi connectivity index (χ1n) is 21.2. The molecule has 2 heterocycles. The molecule has 19 heteroatoms. The van der Waals surface area contributed by atoms with Crippen molar-refractivity contribution < 1.29 is 66.7 Å². The van der Waals surface area contributed by atoms with Crippen molar-refractivity contribution in [3.63, 3.8) is 0 Å². The Labute approximate surface area is 364 Å². The van der Waals surface area contributed by atoms with Crippen LogP contribution in [0.4, 0.5) is 19.2 Å². The lowest BCUT2D eigenvalue weighted by atomic mass is 9.62. The molecule has 2 aliphatic heterocycles. The van der Waals surface area contributed by atoms with Crippen LogP contribution in [0, 0.1) is 27.6 Å². The number of ether oxygens (including phenoxy) is 8. The van der Waals surface area contributed by atoms with Gasteiger partial charge in [0.15, 0.2) is 11.8 Å². The van der Waals surface area contributed by atoms with E-state index in [2.05, 4.69) is 62.1 Å². The van der Waals surface area contributed by atoms with Crippen LogP contribution in [-0.2, 0) is 47.5 Å². The molecule has 4 amide bonds. The molecule has 350 valence electrons. The number of amides is 4. The van der Waals surface area contributed by atoms with E-state index in [1.807, 2.05) is 13.8 Å². The highest BCUT2D eigenvalue weighted by molar-refractivity contribution is 5.87. The largest absolute Gasteiger partial charge is 0.459 e. The Morgan fingerprint density at radius 2 is 1.08 bits per heavy atom. The molecule has 0 aromatic rings. The molecule has 4 rings (SSSR count). The summed E-state index contributed by atoms with van der Waals surface area (Å²) in [5.74, 6) is -1.65. The van der Waals surface area contributed by atoms with Gasteiger partial charge in [0.2, 0.25) is 0 Å². The maximum absolute atomic E-state index is 13.1. The minimum Gasteiger partial charge on any atom is -0.459 e. The van der Waals surface area contributed by atoms with Crippen molar-refractivity contribution in [3.05, 3.63) is 24.3 Å². The van der Waals surface area contributed by atoms with Gasteiger partial charge in [-0.15, -0.1) is 0 Å². The lowest BCUT2D eigenvalue weighted by molar-refractivity contribution is -0.140. The van der Waals surface area contributed by atoms with Crippen molar-refractivity contribution in [2.75, 3.05) is 59.3 Å². The second kappa shape index (κ2) is 20.7. The lowest BCUT2D eigenvalue weighted by Gasteiger charge is -2.46. The van der Waals surface area contributed by atoms with Gasteiger partial charge in [0.05, 0.1) is 19.1 Å². The summed E-state index contributed by atoms with van der Waals surface area (Å²) >= 11 is 0. The molecule has 0 spiro atoms. The molecular weight excluding hydrogens is 810 g/mol. The first-order chi connectivity index (χ1) is 28.8. The van der Waals surface area contributed by atoms with Gasteiger partial charge >= 0.3 is 36.3 Å². The van der Waals surface area contributed by atoms with E-state index in [1.165, 1.54) is 13.8 Å². The SMILES string of the molecule is C=C(C)C(=O)OCCOC(=O)NC1CC(C)(C)CC(C)(CNC(=O)OCC2COC3C(OC(=O)NCC4(C)CC(NC(=O)OCCOC(=O)C(=C)C)CC(C)(C)C4)COC23N)C1. The molecule has 6 N–H and O–H groups in total. The van der Waals surface area contributed by atoms with Crippen molar-refractivity contribution in [2.45, 2.75) is 124 Å². The molecule has 2 aliphatic carbocycles. The highest BCUT2D eigenvalue weighted by Crippen LogP contribution is 2.47. The molecule has 2 saturated heterocycles. The summed E-state index contributed by atoms with van der Waals surface area (Å²) in [7, 11) is 0. The van der Waals surface area contributed by atoms with E-state index < -0.39 is 65.6 Å². The van der Waals surface area contributed by atoms with Crippen molar-refractivity contribution in [2.24, 2.45) is 33.3 Å². The second-order valence-corrected chi connectivity index (χ2v) is 19.8. The van der Waals surface area contributed by atoms with Gasteiger partial charge in [0.1, 0.15) is 39.1 Å². The van der Waals surface area contributed by atoms with Crippen LogP contribution in [0.2, 0.25) is 0 Å². The Bertz CT molecular complexity index is 1690. The first kappa shape index (κ1) is 50.0. The van der Waals surface area contributed by atoms with Crippen molar-refractivity contribution >= 4 is 36.3 Å². The first-order valence-corrected chi connectivity index (χ1v) is 21.2. The minimum atomic E-state index is -1.36. The number of fused-ring (bicyclic) bond motifs is 1. The molecule has 8 unspecified atom stereocenters. The van der Waals surface area contributed by atoms with E-state index in [9.17, 15) is 28.8 Å². The number of esters is 2. The van der Waals surface area contributed by atoms with E-state index in [4.69, 9.17) is 43.6 Å². The topological polar surface area (TPSA) is 250 Å². The molecule has 62 heavy (non-hydrogen) atoms. The fourth-order valence-electron chi connectivity index (χ4n) is 9.82. The highest BCUT2D eigenvalue weighted by atomic mass is 16.7. The van der Waals surface area contributed by atoms with Crippen LogP contribution in [0.25, 0.3) is 0 Å². The van der Waals surface area contributed by atoms with Crippen molar-refractivity contribution in [3.8, 4) is 0 Å². The van der Waals surface area contributed by atoms with Gasteiger partial charge in [-0.3, -0.25) is 0 Å². The number of carbonyl (C=O) groups is 6. The van der Waals surface area contributed by atoms with Crippen LogP contribution in [0.5, 0.6) is 0 Å². The van der Waals surface area contributed by atoms with Crippen LogP contribution >= 0.6 is 0 Å². The number of nitrogens with two attached hydrogens (primary N) is 1. The Hall–Kier alpha value is -4.62. The van der Waals surface area contributed by atoms with Crippen LogP contribution in [-0.4, -0.2) is 126 Å². The summed E-state index contributed by atoms with van der Waals surface area (Å²) in [6, 6.07) is -0.446. The standard InChI is InChI=1S/C43H69N5O14/c1-26(2)33(49)55-11-13-57-37(53)47-29-15-39(5,6)22-41(9,17-29)24-45-35(51)60-20-28-19-59-32-31(21-61-43(28,32)44)62-36(52)46-25-42(10)18-30(16-40(7,8)23-42)48-38(54)58-14-12-56-34(50)27(3)4/h28-32H,1,3,11-25,44H2,2,4-10H3,(H,45,51)(H,46,52)(H,47,53)(H,48,54). The summed E-state index contributed by atoms with van der Waals surface area (Å²) in [6.07, 6.45) is -0.0408. The van der Waals surface area contributed by atoms with Gasteiger partial charge in [-0.2, -0.15) is 0 Å². The molecule has 8 atom stereocenters. The zero-order valence-electron chi connectivity index (χ0n) is 37.7. The lowest BCUT2D eigenvalue weighted by Crippen LogP contribution is -2.54. The Morgan fingerprint density at radius 3 is 1.55 bits per heavy atom. The number of rotatable bonds is 17. The smallest absolute Gasteiger partial charge is 0.407 e. The zero-order chi connectivity index (χ0) is 46.1. The average molecular weight is 880 g/mol. The van der Waals surface area contributed by atoms with E-state index in [1.54, 1.807) is 0 Å². The summed E-state index contributed by atoms with van der Waals surface area (Å²) in [4.78, 5) is 74.2. The third kappa shape index (κ3) is 14.7.